The van der Waals surface area contributed by atoms with Crippen LogP contribution in [0.15, 0.2) is 78.0 Å². The molecular weight excluding hydrogens is 382 g/mol. The maximum Gasteiger partial charge on any atom is 0.343 e. The van der Waals surface area contributed by atoms with Gasteiger partial charge in [-0.3, -0.25) is 0 Å². The number of oxime groups is 1. The molecule has 0 aromatic heterocycles. The summed E-state index contributed by atoms with van der Waals surface area (Å²) in [6, 6.07) is 21.6. The Morgan fingerprint density at radius 2 is 1.60 bits per heavy atom. The fourth-order valence-corrected chi connectivity index (χ4v) is 2.76. The molecule has 0 aliphatic carbocycles. The van der Waals surface area contributed by atoms with E-state index in [1.54, 1.807) is 44.6 Å². The molecule has 6 heteroatoms. The normalized spacial score (nSPS) is 11.0. The van der Waals surface area contributed by atoms with Gasteiger partial charge < -0.3 is 19.0 Å². The lowest BCUT2D eigenvalue weighted by Crippen LogP contribution is -2.08. The van der Waals surface area contributed by atoms with Crippen molar-refractivity contribution in [3.63, 3.8) is 0 Å². The zero-order valence-corrected chi connectivity index (χ0v) is 17.1. The predicted octanol–water partition coefficient (Wildman–Crippen LogP) is 4.86. The maximum atomic E-state index is 12.3. The molecule has 154 valence electrons. The Morgan fingerprint density at radius 1 is 0.833 bits per heavy atom. The van der Waals surface area contributed by atoms with Gasteiger partial charge in [0.2, 0.25) is 0 Å². The van der Waals surface area contributed by atoms with Gasteiger partial charge in [-0.05, 0) is 55.0 Å². The highest BCUT2D eigenvalue weighted by molar-refractivity contribution is 5.98. The van der Waals surface area contributed by atoms with Gasteiger partial charge >= 0.3 is 5.97 Å². The topological polar surface area (TPSA) is 66.4 Å². The second-order valence-electron chi connectivity index (χ2n) is 6.42. The average molecular weight is 405 g/mol. The van der Waals surface area contributed by atoms with E-state index in [9.17, 15) is 4.79 Å². The SMILES string of the molecule is COc1ccc(/C(C)=N/OCc2cccc(C(=O)Oc3ccccc3)c2)cc1OC. The van der Waals surface area contributed by atoms with Crippen molar-refractivity contribution in [2.24, 2.45) is 5.16 Å². The predicted molar refractivity (Wildman–Crippen MR) is 114 cm³/mol. The summed E-state index contributed by atoms with van der Waals surface area (Å²) in [5, 5.41) is 4.17. The number of esters is 1. The molecule has 0 fully saturated rings. The Balaban J connectivity index is 1.63. The molecule has 0 amide bonds. The van der Waals surface area contributed by atoms with Crippen LogP contribution in [0, 0.1) is 0 Å². The molecule has 30 heavy (non-hydrogen) atoms. The number of para-hydroxylation sites is 1. The number of rotatable bonds is 8. The van der Waals surface area contributed by atoms with Crippen LogP contribution in [0.3, 0.4) is 0 Å². The zero-order chi connectivity index (χ0) is 21.3. The quantitative estimate of drug-likeness (QED) is 0.232. The molecule has 0 unspecified atom stereocenters. The summed E-state index contributed by atoms with van der Waals surface area (Å²) >= 11 is 0. The van der Waals surface area contributed by atoms with Gasteiger partial charge in [0, 0.05) is 5.56 Å². The van der Waals surface area contributed by atoms with E-state index in [1.807, 2.05) is 49.4 Å². The molecule has 3 rings (SSSR count). The lowest BCUT2D eigenvalue weighted by molar-refractivity contribution is 0.0734. The van der Waals surface area contributed by atoms with Crippen LogP contribution in [-0.2, 0) is 11.4 Å². The number of carbonyl (C=O) groups excluding carboxylic acids is 1. The van der Waals surface area contributed by atoms with Crippen LogP contribution in [0.5, 0.6) is 17.2 Å². The Morgan fingerprint density at radius 3 is 2.33 bits per heavy atom. The second-order valence-corrected chi connectivity index (χ2v) is 6.42. The molecule has 0 atom stereocenters. The third kappa shape index (κ3) is 5.38. The van der Waals surface area contributed by atoms with Crippen molar-refractivity contribution in [2.45, 2.75) is 13.5 Å². The Hall–Kier alpha value is -3.80. The lowest BCUT2D eigenvalue weighted by Gasteiger charge is -2.09. The largest absolute Gasteiger partial charge is 0.493 e. The summed E-state index contributed by atoms with van der Waals surface area (Å²) in [6.07, 6.45) is 0. The monoisotopic (exact) mass is 405 g/mol. The highest BCUT2D eigenvalue weighted by atomic mass is 16.6. The molecule has 6 nitrogen and oxygen atoms in total. The average Bonchev–Trinajstić information content (AvgIpc) is 2.79. The molecule has 0 heterocycles. The van der Waals surface area contributed by atoms with Gasteiger partial charge in [-0.25, -0.2) is 4.79 Å². The van der Waals surface area contributed by atoms with Crippen LogP contribution < -0.4 is 14.2 Å². The van der Waals surface area contributed by atoms with Crippen molar-refractivity contribution >= 4 is 11.7 Å². The smallest absolute Gasteiger partial charge is 0.343 e. The first-order valence-electron chi connectivity index (χ1n) is 9.36. The van der Waals surface area contributed by atoms with E-state index in [0.29, 0.717) is 28.5 Å². The minimum Gasteiger partial charge on any atom is -0.493 e. The number of methoxy groups -OCH3 is 2. The number of carbonyl (C=O) groups is 1. The van der Waals surface area contributed by atoms with Gasteiger partial charge in [-0.1, -0.05) is 35.5 Å². The van der Waals surface area contributed by atoms with Crippen molar-refractivity contribution in [1.82, 2.24) is 0 Å². The summed E-state index contributed by atoms with van der Waals surface area (Å²) in [5.74, 6) is 1.34. The van der Waals surface area contributed by atoms with Gasteiger partial charge in [0.25, 0.3) is 0 Å². The second kappa shape index (κ2) is 10.1. The Bertz CT molecular complexity index is 1030. The molecule has 3 aromatic rings. The molecule has 0 aliphatic heterocycles. The molecule has 0 bridgehead atoms. The van der Waals surface area contributed by atoms with Crippen LogP contribution in [0.2, 0.25) is 0 Å². The van der Waals surface area contributed by atoms with E-state index < -0.39 is 5.97 Å². The first-order chi connectivity index (χ1) is 14.6. The fourth-order valence-electron chi connectivity index (χ4n) is 2.76. The number of ether oxygens (including phenoxy) is 3. The van der Waals surface area contributed by atoms with Crippen LogP contribution in [0.1, 0.15) is 28.4 Å². The molecular formula is C24H23NO5. The number of hydrogen-bond acceptors (Lipinski definition) is 6. The van der Waals surface area contributed by atoms with Crippen molar-refractivity contribution in [1.29, 1.82) is 0 Å². The molecule has 0 aliphatic rings. The van der Waals surface area contributed by atoms with E-state index in [1.165, 1.54) is 0 Å². The highest BCUT2D eigenvalue weighted by Crippen LogP contribution is 2.27. The summed E-state index contributed by atoms with van der Waals surface area (Å²) in [5.41, 5.74) is 2.80. The summed E-state index contributed by atoms with van der Waals surface area (Å²) in [7, 11) is 3.17. The lowest BCUT2D eigenvalue weighted by atomic mass is 10.1. The minimum atomic E-state index is -0.423. The first kappa shape index (κ1) is 20.9. The first-order valence-corrected chi connectivity index (χ1v) is 9.36. The summed E-state index contributed by atoms with van der Waals surface area (Å²) in [4.78, 5) is 17.8. The van der Waals surface area contributed by atoms with E-state index in [4.69, 9.17) is 19.0 Å². The molecule has 3 aromatic carbocycles. The van der Waals surface area contributed by atoms with Crippen LogP contribution in [0.4, 0.5) is 0 Å². The maximum absolute atomic E-state index is 12.3. The number of benzene rings is 3. The van der Waals surface area contributed by atoms with Crippen LogP contribution in [0.25, 0.3) is 0 Å². The standard InChI is InChI=1S/C24H23NO5/c1-17(19-12-13-22(27-2)23(15-19)28-3)25-29-16-18-8-7-9-20(14-18)24(26)30-21-10-5-4-6-11-21/h4-15H,16H2,1-3H3/b25-17+. The zero-order valence-electron chi connectivity index (χ0n) is 17.1. The third-order valence-electron chi connectivity index (χ3n) is 4.35. The van der Waals surface area contributed by atoms with Crippen molar-refractivity contribution in [3.05, 3.63) is 89.5 Å². The molecule has 0 saturated heterocycles. The molecule has 0 radical (unpaired) electrons. The van der Waals surface area contributed by atoms with Crippen LogP contribution >= 0.6 is 0 Å². The molecule has 0 N–H and O–H groups in total. The van der Waals surface area contributed by atoms with E-state index in [0.717, 1.165) is 11.1 Å². The summed E-state index contributed by atoms with van der Waals surface area (Å²) < 4.78 is 15.9. The van der Waals surface area contributed by atoms with Crippen molar-refractivity contribution < 1.29 is 23.8 Å². The van der Waals surface area contributed by atoms with Crippen molar-refractivity contribution in [2.75, 3.05) is 14.2 Å². The minimum absolute atomic E-state index is 0.219. The summed E-state index contributed by atoms with van der Waals surface area (Å²) in [6.45, 7) is 2.06. The van der Waals surface area contributed by atoms with Crippen LogP contribution in [-0.4, -0.2) is 25.9 Å². The van der Waals surface area contributed by atoms with E-state index >= 15 is 0 Å². The van der Waals surface area contributed by atoms with Gasteiger partial charge in [-0.2, -0.15) is 0 Å². The van der Waals surface area contributed by atoms with Gasteiger partial charge in [0.1, 0.15) is 12.4 Å². The third-order valence-corrected chi connectivity index (χ3v) is 4.35. The molecule has 0 spiro atoms. The van der Waals surface area contributed by atoms with E-state index in [-0.39, 0.29) is 6.61 Å². The number of nitrogens with zero attached hydrogens (tertiary/aromatic N) is 1. The Labute approximate surface area is 175 Å². The van der Waals surface area contributed by atoms with Crippen molar-refractivity contribution in [3.8, 4) is 17.2 Å². The number of hydrogen-bond donors (Lipinski definition) is 0. The highest BCUT2D eigenvalue weighted by Gasteiger charge is 2.10. The fraction of sp³-hybridized carbons (Fsp3) is 0.167. The van der Waals surface area contributed by atoms with Gasteiger partial charge in [0.05, 0.1) is 25.5 Å². The van der Waals surface area contributed by atoms with Gasteiger partial charge in [-0.15, -0.1) is 0 Å². The molecule has 0 saturated carbocycles. The van der Waals surface area contributed by atoms with E-state index in [2.05, 4.69) is 5.16 Å². The van der Waals surface area contributed by atoms with Gasteiger partial charge in [0.15, 0.2) is 11.5 Å². The Kier molecular flexibility index (Phi) is 7.05.